The highest BCUT2D eigenvalue weighted by atomic mass is 32.2. The molecule has 0 aliphatic heterocycles. The molecule has 0 radical (unpaired) electrons. The van der Waals surface area contributed by atoms with Gasteiger partial charge in [0.2, 0.25) is 0 Å². The summed E-state index contributed by atoms with van der Waals surface area (Å²) in [5.41, 5.74) is 5.57. The summed E-state index contributed by atoms with van der Waals surface area (Å²) in [5.74, 6) is -0.0745. The molecule has 3 N–H and O–H groups in total. The van der Waals surface area contributed by atoms with Crippen molar-refractivity contribution in [3.8, 4) is 5.75 Å². The van der Waals surface area contributed by atoms with Crippen LogP contribution in [0.2, 0.25) is 0 Å². The lowest BCUT2D eigenvalue weighted by molar-refractivity contribution is 0.323. The van der Waals surface area contributed by atoms with Gasteiger partial charge < -0.3 is 10.8 Å². The highest BCUT2D eigenvalue weighted by Gasteiger charge is 2.33. The summed E-state index contributed by atoms with van der Waals surface area (Å²) < 4.78 is 24.5. The van der Waals surface area contributed by atoms with E-state index in [0.717, 1.165) is 32.1 Å². The molecular formula is C13H19NO3S. The van der Waals surface area contributed by atoms with E-state index in [-0.39, 0.29) is 16.4 Å². The quantitative estimate of drug-likeness (QED) is 0.877. The largest absolute Gasteiger partial charge is 0.508 e. The Morgan fingerprint density at radius 1 is 1.22 bits per heavy atom. The summed E-state index contributed by atoms with van der Waals surface area (Å²) in [5, 5.41) is 9.35. The van der Waals surface area contributed by atoms with E-state index in [9.17, 15) is 13.5 Å². The van der Waals surface area contributed by atoms with E-state index in [1.54, 1.807) is 0 Å². The van der Waals surface area contributed by atoms with Crippen molar-refractivity contribution in [2.24, 2.45) is 5.73 Å². The number of hydrogen-bond donors (Lipinski definition) is 2. The fraction of sp³-hybridized carbons (Fsp3) is 0.538. The van der Waals surface area contributed by atoms with E-state index in [4.69, 9.17) is 5.73 Å². The van der Waals surface area contributed by atoms with Gasteiger partial charge in [-0.15, -0.1) is 0 Å². The lowest BCUT2D eigenvalue weighted by Crippen LogP contribution is -2.47. The predicted octanol–water partition coefficient (Wildman–Crippen LogP) is 1.83. The first kappa shape index (κ1) is 13.4. The minimum Gasteiger partial charge on any atom is -0.508 e. The number of phenols is 1. The van der Waals surface area contributed by atoms with Gasteiger partial charge in [0, 0.05) is 5.54 Å². The number of benzene rings is 1. The average molecular weight is 269 g/mol. The standard InChI is InChI=1S/C13H19NO3S/c14-13(7-2-1-3-8-13)10-18(16,17)12-6-4-5-11(15)9-12/h4-6,9,15H,1-3,7-8,10,14H2. The Morgan fingerprint density at radius 3 is 2.50 bits per heavy atom. The van der Waals surface area contributed by atoms with Gasteiger partial charge in [-0.3, -0.25) is 0 Å². The van der Waals surface area contributed by atoms with Crippen LogP contribution in [0.1, 0.15) is 32.1 Å². The highest BCUT2D eigenvalue weighted by molar-refractivity contribution is 7.91. The first-order valence-corrected chi connectivity index (χ1v) is 7.87. The second kappa shape index (κ2) is 4.90. The molecule has 0 saturated heterocycles. The van der Waals surface area contributed by atoms with Crippen molar-refractivity contribution < 1.29 is 13.5 Å². The monoisotopic (exact) mass is 269 g/mol. The molecule has 100 valence electrons. The van der Waals surface area contributed by atoms with Crippen LogP contribution in [0.4, 0.5) is 0 Å². The van der Waals surface area contributed by atoms with Crippen LogP contribution in [-0.4, -0.2) is 24.8 Å². The van der Waals surface area contributed by atoms with Gasteiger partial charge in [-0.2, -0.15) is 0 Å². The molecule has 1 saturated carbocycles. The molecule has 0 atom stereocenters. The first-order chi connectivity index (χ1) is 8.41. The number of phenolic OH excluding ortho intramolecular Hbond substituents is 1. The molecule has 1 aliphatic carbocycles. The van der Waals surface area contributed by atoms with Gasteiger partial charge in [0.1, 0.15) is 5.75 Å². The predicted molar refractivity (Wildman–Crippen MR) is 70.2 cm³/mol. The molecule has 1 aromatic carbocycles. The molecule has 0 amide bonds. The summed E-state index contributed by atoms with van der Waals surface area (Å²) in [6.07, 6.45) is 4.62. The van der Waals surface area contributed by atoms with E-state index < -0.39 is 15.4 Å². The fourth-order valence-corrected chi connectivity index (χ4v) is 4.34. The molecule has 0 unspecified atom stereocenters. The minimum atomic E-state index is -3.43. The molecular weight excluding hydrogens is 250 g/mol. The van der Waals surface area contributed by atoms with Crippen molar-refractivity contribution in [3.63, 3.8) is 0 Å². The van der Waals surface area contributed by atoms with E-state index in [2.05, 4.69) is 0 Å². The molecule has 0 spiro atoms. The Balaban J connectivity index is 2.21. The Morgan fingerprint density at radius 2 is 1.89 bits per heavy atom. The number of rotatable bonds is 3. The number of sulfone groups is 1. The molecule has 4 nitrogen and oxygen atoms in total. The lowest BCUT2D eigenvalue weighted by atomic mass is 9.84. The van der Waals surface area contributed by atoms with Gasteiger partial charge in [0.05, 0.1) is 10.6 Å². The zero-order valence-corrected chi connectivity index (χ0v) is 11.1. The van der Waals surface area contributed by atoms with Crippen LogP contribution < -0.4 is 5.73 Å². The SMILES string of the molecule is NC1(CS(=O)(=O)c2cccc(O)c2)CCCCC1. The average Bonchev–Trinajstić information content (AvgIpc) is 2.28. The van der Waals surface area contributed by atoms with Crippen LogP contribution >= 0.6 is 0 Å². The molecule has 1 aliphatic rings. The van der Waals surface area contributed by atoms with Crippen molar-refractivity contribution in [2.75, 3.05) is 5.75 Å². The Bertz CT molecular complexity index is 519. The van der Waals surface area contributed by atoms with Gasteiger partial charge in [-0.25, -0.2) is 8.42 Å². The lowest BCUT2D eigenvalue weighted by Gasteiger charge is -2.32. The van der Waals surface area contributed by atoms with Crippen LogP contribution in [0.15, 0.2) is 29.2 Å². The van der Waals surface area contributed by atoms with Crippen molar-refractivity contribution in [1.82, 2.24) is 0 Å². The third-order valence-corrected chi connectivity index (χ3v) is 5.43. The zero-order valence-electron chi connectivity index (χ0n) is 10.3. The van der Waals surface area contributed by atoms with Crippen LogP contribution in [0.5, 0.6) is 5.75 Å². The van der Waals surface area contributed by atoms with Gasteiger partial charge in [-0.1, -0.05) is 25.3 Å². The Kier molecular flexibility index (Phi) is 3.64. The van der Waals surface area contributed by atoms with Crippen LogP contribution in [-0.2, 0) is 9.84 Å². The molecule has 5 heteroatoms. The van der Waals surface area contributed by atoms with Gasteiger partial charge in [0.15, 0.2) is 9.84 Å². The van der Waals surface area contributed by atoms with Crippen molar-refractivity contribution in [2.45, 2.75) is 42.5 Å². The first-order valence-electron chi connectivity index (χ1n) is 6.22. The van der Waals surface area contributed by atoms with Gasteiger partial charge in [-0.05, 0) is 31.0 Å². The normalized spacial score (nSPS) is 19.6. The summed E-state index contributed by atoms with van der Waals surface area (Å²) in [6, 6.07) is 5.77. The molecule has 2 rings (SSSR count). The summed E-state index contributed by atoms with van der Waals surface area (Å²) in [4.78, 5) is 0.151. The highest BCUT2D eigenvalue weighted by Crippen LogP contribution is 2.29. The maximum Gasteiger partial charge on any atom is 0.180 e. The number of hydrogen-bond acceptors (Lipinski definition) is 4. The fourth-order valence-electron chi connectivity index (χ4n) is 2.54. The van der Waals surface area contributed by atoms with Crippen LogP contribution in [0, 0.1) is 0 Å². The molecule has 0 aromatic heterocycles. The summed E-state index contributed by atoms with van der Waals surface area (Å²) in [6.45, 7) is 0. The Labute approximate surface area is 108 Å². The topological polar surface area (TPSA) is 80.4 Å². The van der Waals surface area contributed by atoms with E-state index in [0.29, 0.717) is 0 Å². The van der Waals surface area contributed by atoms with E-state index >= 15 is 0 Å². The summed E-state index contributed by atoms with van der Waals surface area (Å²) in [7, 11) is -3.43. The van der Waals surface area contributed by atoms with Crippen molar-refractivity contribution >= 4 is 9.84 Å². The second-order valence-corrected chi connectivity index (χ2v) is 7.17. The molecule has 0 bridgehead atoms. The third kappa shape index (κ3) is 3.03. The molecule has 1 fully saturated rings. The molecule has 18 heavy (non-hydrogen) atoms. The van der Waals surface area contributed by atoms with E-state index in [1.165, 1.54) is 24.3 Å². The maximum atomic E-state index is 12.3. The van der Waals surface area contributed by atoms with Gasteiger partial charge >= 0.3 is 0 Å². The minimum absolute atomic E-state index is 0.0363. The number of nitrogens with two attached hydrogens (primary N) is 1. The zero-order chi connectivity index (χ0) is 13.2. The van der Waals surface area contributed by atoms with Crippen molar-refractivity contribution in [1.29, 1.82) is 0 Å². The summed E-state index contributed by atoms with van der Waals surface area (Å²) >= 11 is 0. The van der Waals surface area contributed by atoms with Crippen LogP contribution in [0.3, 0.4) is 0 Å². The Hall–Kier alpha value is -1.07. The van der Waals surface area contributed by atoms with E-state index in [1.807, 2.05) is 0 Å². The maximum absolute atomic E-state index is 12.3. The molecule has 0 heterocycles. The second-order valence-electron chi connectivity index (χ2n) is 5.18. The van der Waals surface area contributed by atoms with Gasteiger partial charge in [0.25, 0.3) is 0 Å². The smallest absolute Gasteiger partial charge is 0.180 e. The molecule has 1 aromatic rings. The van der Waals surface area contributed by atoms with Crippen LogP contribution in [0.25, 0.3) is 0 Å². The third-order valence-electron chi connectivity index (χ3n) is 3.50. The van der Waals surface area contributed by atoms with Crippen molar-refractivity contribution in [3.05, 3.63) is 24.3 Å². The number of aromatic hydroxyl groups is 1.